The number of carboxylic acids is 1. The lowest BCUT2D eigenvalue weighted by molar-refractivity contribution is -0.150. The highest BCUT2D eigenvalue weighted by Crippen LogP contribution is 2.24. The van der Waals surface area contributed by atoms with Crippen molar-refractivity contribution < 1.29 is 14.7 Å². The molecule has 4 nitrogen and oxygen atoms in total. The zero-order valence-electron chi connectivity index (χ0n) is 10.9. The van der Waals surface area contributed by atoms with E-state index in [0.717, 1.165) is 22.2 Å². The molecule has 1 aromatic rings. The Labute approximate surface area is 130 Å². The van der Waals surface area contributed by atoms with Gasteiger partial charge in [0.15, 0.2) is 0 Å². The van der Waals surface area contributed by atoms with Gasteiger partial charge in [-0.1, -0.05) is 22.0 Å². The molecule has 0 radical (unpaired) electrons. The highest BCUT2D eigenvalue weighted by molar-refractivity contribution is 9.10. The Morgan fingerprint density at radius 2 is 2.20 bits per heavy atom. The highest BCUT2D eigenvalue weighted by atomic mass is 79.9. The Kier molecular flexibility index (Phi) is 5.48. The summed E-state index contributed by atoms with van der Waals surface area (Å²) in [5, 5.41) is 9.17. The molecule has 1 aliphatic rings. The van der Waals surface area contributed by atoms with Gasteiger partial charge < -0.3 is 10.0 Å². The van der Waals surface area contributed by atoms with Crippen LogP contribution in [0.3, 0.4) is 0 Å². The van der Waals surface area contributed by atoms with Crippen LogP contribution in [0.4, 0.5) is 0 Å². The Balaban J connectivity index is 1.95. The number of thioether (sulfide) groups is 1. The van der Waals surface area contributed by atoms with Crippen molar-refractivity contribution in [2.75, 3.05) is 12.3 Å². The third kappa shape index (κ3) is 3.99. The Hall–Kier alpha value is -1.01. The first-order valence-electron chi connectivity index (χ1n) is 6.48. The van der Waals surface area contributed by atoms with Crippen LogP contribution in [-0.4, -0.2) is 40.2 Å². The van der Waals surface area contributed by atoms with E-state index in [9.17, 15) is 14.7 Å². The van der Waals surface area contributed by atoms with Crippen molar-refractivity contribution in [1.29, 1.82) is 0 Å². The van der Waals surface area contributed by atoms with Gasteiger partial charge in [0.1, 0.15) is 6.04 Å². The second-order valence-electron chi connectivity index (χ2n) is 4.68. The van der Waals surface area contributed by atoms with E-state index < -0.39 is 12.0 Å². The van der Waals surface area contributed by atoms with Gasteiger partial charge in [0.05, 0.1) is 5.75 Å². The number of rotatable bonds is 4. The molecular formula is C14H16BrNO3S. The smallest absolute Gasteiger partial charge is 0.326 e. The monoisotopic (exact) mass is 357 g/mol. The molecule has 1 fully saturated rings. The number of piperidine rings is 1. The van der Waals surface area contributed by atoms with Gasteiger partial charge in [-0.3, -0.25) is 4.79 Å². The predicted molar refractivity (Wildman–Crippen MR) is 81.9 cm³/mol. The molecular weight excluding hydrogens is 342 g/mol. The third-order valence-corrected chi connectivity index (χ3v) is 4.74. The zero-order chi connectivity index (χ0) is 14.5. The van der Waals surface area contributed by atoms with Crippen molar-refractivity contribution in [2.24, 2.45) is 0 Å². The van der Waals surface area contributed by atoms with E-state index >= 15 is 0 Å². The first kappa shape index (κ1) is 15.4. The molecule has 20 heavy (non-hydrogen) atoms. The summed E-state index contributed by atoms with van der Waals surface area (Å²) in [6.45, 7) is 0.550. The molecule has 1 N–H and O–H groups in total. The summed E-state index contributed by atoms with van der Waals surface area (Å²) in [7, 11) is 0. The van der Waals surface area contributed by atoms with Crippen molar-refractivity contribution in [2.45, 2.75) is 30.2 Å². The number of halogens is 1. The molecule has 0 unspecified atom stereocenters. The average Bonchev–Trinajstić information content (AvgIpc) is 2.45. The summed E-state index contributed by atoms with van der Waals surface area (Å²) in [5.74, 6) is -0.715. The SMILES string of the molecule is O=C(O)[C@H]1CCCCN1C(=O)CSc1cccc(Br)c1. The van der Waals surface area contributed by atoms with Crippen LogP contribution >= 0.6 is 27.7 Å². The van der Waals surface area contributed by atoms with Crippen LogP contribution in [-0.2, 0) is 9.59 Å². The molecule has 1 amide bonds. The van der Waals surface area contributed by atoms with Gasteiger partial charge in [0, 0.05) is 15.9 Å². The lowest BCUT2D eigenvalue weighted by atomic mass is 10.0. The van der Waals surface area contributed by atoms with Crippen LogP contribution in [0, 0.1) is 0 Å². The van der Waals surface area contributed by atoms with Gasteiger partial charge in [0.25, 0.3) is 0 Å². The Morgan fingerprint density at radius 3 is 2.90 bits per heavy atom. The number of likely N-dealkylation sites (tertiary alicyclic amines) is 1. The lowest BCUT2D eigenvalue weighted by Gasteiger charge is -2.32. The minimum atomic E-state index is -0.898. The molecule has 108 valence electrons. The number of aliphatic carboxylic acids is 1. The van der Waals surface area contributed by atoms with E-state index in [1.807, 2.05) is 24.3 Å². The van der Waals surface area contributed by atoms with Gasteiger partial charge in [0.2, 0.25) is 5.91 Å². The number of hydrogen-bond donors (Lipinski definition) is 1. The van der Waals surface area contributed by atoms with E-state index in [2.05, 4.69) is 15.9 Å². The number of carboxylic acid groups (broad SMARTS) is 1. The van der Waals surface area contributed by atoms with E-state index in [1.165, 1.54) is 16.7 Å². The van der Waals surface area contributed by atoms with E-state index in [0.29, 0.717) is 13.0 Å². The molecule has 2 rings (SSSR count). The lowest BCUT2D eigenvalue weighted by Crippen LogP contribution is -2.48. The fourth-order valence-corrected chi connectivity index (χ4v) is 3.66. The molecule has 0 spiro atoms. The minimum absolute atomic E-state index is 0.0953. The number of amides is 1. The zero-order valence-corrected chi connectivity index (χ0v) is 13.3. The number of carbonyl (C=O) groups excluding carboxylic acids is 1. The van der Waals surface area contributed by atoms with Crippen LogP contribution in [0.2, 0.25) is 0 Å². The predicted octanol–water partition coefficient (Wildman–Crippen LogP) is 3.01. The second kappa shape index (κ2) is 7.13. The van der Waals surface area contributed by atoms with Crippen molar-refractivity contribution >= 4 is 39.6 Å². The molecule has 1 aromatic carbocycles. The van der Waals surface area contributed by atoms with E-state index in [-0.39, 0.29) is 11.7 Å². The fraction of sp³-hybridized carbons (Fsp3) is 0.429. The van der Waals surface area contributed by atoms with Gasteiger partial charge in [-0.2, -0.15) is 0 Å². The molecule has 6 heteroatoms. The van der Waals surface area contributed by atoms with Crippen molar-refractivity contribution in [1.82, 2.24) is 4.90 Å². The van der Waals surface area contributed by atoms with E-state index in [4.69, 9.17) is 0 Å². The highest BCUT2D eigenvalue weighted by Gasteiger charge is 2.31. The molecule has 1 saturated heterocycles. The van der Waals surface area contributed by atoms with E-state index in [1.54, 1.807) is 0 Å². The average molecular weight is 358 g/mol. The third-order valence-electron chi connectivity index (χ3n) is 3.27. The second-order valence-corrected chi connectivity index (χ2v) is 6.65. The maximum atomic E-state index is 12.2. The van der Waals surface area contributed by atoms with Crippen LogP contribution in [0.15, 0.2) is 33.6 Å². The number of hydrogen-bond acceptors (Lipinski definition) is 3. The standard InChI is InChI=1S/C14H16BrNO3S/c15-10-4-3-5-11(8-10)20-9-13(17)16-7-2-1-6-12(16)14(18)19/h3-5,8,12H,1-2,6-7,9H2,(H,18,19)/t12-/m1/s1. The van der Waals surface area contributed by atoms with Crippen molar-refractivity contribution in [3.8, 4) is 0 Å². The maximum Gasteiger partial charge on any atom is 0.326 e. The maximum absolute atomic E-state index is 12.2. The van der Waals surface area contributed by atoms with Gasteiger partial charge in [-0.25, -0.2) is 4.79 Å². The molecule has 0 aliphatic carbocycles. The number of benzene rings is 1. The summed E-state index contributed by atoms with van der Waals surface area (Å²) in [6, 6.07) is 7.07. The van der Waals surface area contributed by atoms with Crippen LogP contribution in [0.1, 0.15) is 19.3 Å². The Bertz CT molecular complexity index is 509. The van der Waals surface area contributed by atoms with Crippen LogP contribution < -0.4 is 0 Å². The number of nitrogens with zero attached hydrogens (tertiary/aromatic N) is 1. The molecule has 0 bridgehead atoms. The summed E-state index contributed by atoms with van der Waals surface area (Å²) < 4.78 is 0.969. The summed E-state index contributed by atoms with van der Waals surface area (Å²) in [4.78, 5) is 25.9. The summed E-state index contributed by atoms with van der Waals surface area (Å²) in [6.07, 6.45) is 2.32. The van der Waals surface area contributed by atoms with Crippen LogP contribution in [0.5, 0.6) is 0 Å². The molecule has 0 saturated carbocycles. The quantitative estimate of drug-likeness (QED) is 0.841. The normalized spacial score (nSPS) is 18.9. The van der Waals surface area contributed by atoms with Crippen LogP contribution in [0.25, 0.3) is 0 Å². The molecule has 1 aliphatic heterocycles. The first-order chi connectivity index (χ1) is 9.58. The summed E-state index contributed by atoms with van der Waals surface area (Å²) in [5.41, 5.74) is 0. The van der Waals surface area contributed by atoms with Gasteiger partial charge >= 0.3 is 5.97 Å². The minimum Gasteiger partial charge on any atom is -0.480 e. The number of carbonyl (C=O) groups is 2. The van der Waals surface area contributed by atoms with Gasteiger partial charge in [-0.05, 0) is 37.5 Å². The largest absolute Gasteiger partial charge is 0.480 e. The van der Waals surface area contributed by atoms with Crippen molar-refractivity contribution in [3.63, 3.8) is 0 Å². The van der Waals surface area contributed by atoms with Crippen molar-refractivity contribution in [3.05, 3.63) is 28.7 Å². The molecule has 0 aromatic heterocycles. The first-order valence-corrected chi connectivity index (χ1v) is 8.26. The molecule has 1 heterocycles. The Morgan fingerprint density at radius 1 is 1.40 bits per heavy atom. The molecule has 1 atom stereocenters. The topological polar surface area (TPSA) is 57.6 Å². The fourth-order valence-electron chi connectivity index (χ4n) is 2.27. The summed E-state index contributed by atoms with van der Waals surface area (Å²) >= 11 is 4.82. The van der Waals surface area contributed by atoms with Gasteiger partial charge in [-0.15, -0.1) is 11.8 Å².